The quantitative estimate of drug-likeness (QED) is 0.805. The molecule has 0 aliphatic carbocycles. The molecule has 0 aromatic heterocycles. The molecule has 0 atom stereocenters. The molecule has 0 heterocycles. The fourth-order valence-electron chi connectivity index (χ4n) is 2.29. The lowest BCUT2D eigenvalue weighted by atomic mass is 9.83. The van der Waals surface area contributed by atoms with Crippen LogP contribution in [0.1, 0.15) is 43.4 Å². The number of aryl methyl sites for hydroxylation is 2. The van der Waals surface area contributed by atoms with Crippen LogP contribution in [-0.2, 0) is 11.2 Å². The third-order valence-corrected chi connectivity index (χ3v) is 4.35. The molecular formula is C17H27NO2. The van der Waals surface area contributed by atoms with Gasteiger partial charge in [0.1, 0.15) is 0 Å². The van der Waals surface area contributed by atoms with Crippen LogP contribution >= 0.6 is 0 Å². The maximum atomic E-state index is 12.1. The lowest BCUT2D eigenvalue weighted by molar-refractivity contribution is -0.121. The van der Waals surface area contributed by atoms with Gasteiger partial charge in [-0.3, -0.25) is 4.79 Å². The van der Waals surface area contributed by atoms with E-state index in [2.05, 4.69) is 31.3 Å². The van der Waals surface area contributed by atoms with E-state index < -0.39 is 0 Å². The van der Waals surface area contributed by atoms with Crippen LogP contribution in [0.4, 0.5) is 0 Å². The van der Waals surface area contributed by atoms with Crippen LogP contribution in [0.5, 0.6) is 0 Å². The second-order valence-electron chi connectivity index (χ2n) is 5.75. The zero-order chi connectivity index (χ0) is 15.2. The molecule has 0 radical (unpaired) electrons. The fourth-order valence-corrected chi connectivity index (χ4v) is 2.29. The van der Waals surface area contributed by atoms with Gasteiger partial charge in [-0.1, -0.05) is 37.6 Å². The summed E-state index contributed by atoms with van der Waals surface area (Å²) in [5, 5.41) is 12.5. The number of amides is 1. The Balaban J connectivity index is 2.62. The summed E-state index contributed by atoms with van der Waals surface area (Å²) in [7, 11) is 0. The van der Waals surface area contributed by atoms with Gasteiger partial charge >= 0.3 is 0 Å². The summed E-state index contributed by atoms with van der Waals surface area (Å²) in [6.07, 6.45) is 2.13. The highest BCUT2D eigenvalue weighted by atomic mass is 16.3. The first-order chi connectivity index (χ1) is 9.46. The Labute approximate surface area is 122 Å². The highest BCUT2D eigenvalue weighted by Gasteiger charge is 2.25. The van der Waals surface area contributed by atoms with Gasteiger partial charge in [0.25, 0.3) is 0 Å². The van der Waals surface area contributed by atoms with Crippen LogP contribution in [-0.4, -0.2) is 24.2 Å². The third-order valence-electron chi connectivity index (χ3n) is 4.35. The molecule has 0 saturated carbocycles. The number of hydrogen-bond acceptors (Lipinski definition) is 2. The molecule has 112 valence electrons. The summed E-state index contributed by atoms with van der Waals surface area (Å²) < 4.78 is 0. The molecule has 1 aromatic carbocycles. The van der Waals surface area contributed by atoms with Gasteiger partial charge in [0.2, 0.25) is 5.91 Å². The van der Waals surface area contributed by atoms with E-state index in [1.54, 1.807) is 0 Å². The molecule has 20 heavy (non-hydrogen) atoms. The number of aliphatic hydroxyl groups is 1. The van der Waals surface area contributed by atoms with Crippen LogP contribution < -0.4 is 5.32 Å². The second kappa shape index (κ2) is 7.44. The van der Waals surface area contributed by atoms with E-state index in [1.165, 1.54) is 5.56 Å². The molecule has 0 saturated heterocycles. The minimum Gasteiger partial charge on any atom is -0.396 e. The molecule has 3 heteroatoms. The molecule has 3 nitrogen and oxygen atoms in total. The number of rotatable bonds is 7. The van der Waals surface area contributed by atoms with Crippen molar-refractivity contribution in [3.8, 4) is 0 Å². The Kier molecular flexibility index (Phi) is 6.21. The third kappa shape index (κ3) is 4.34. The minimum atomic E-state index is -0.183. The van der Waals surface area contributed by atoms with E-state index in [9.17, 15) is 9.90 Å². The van der Waals surface area contributed by atoms with Gasteiger partial charge in [0.05, 0.1) is 13.0 Å². The predicted molar refractivity (Wildman–Crippen MR) is 82.7 cm³/mol. The molecule has 0 spiro atoms. The number of carbonyl (C=O) groups excluding carboxylic acids is 1. The lowest BCUT2D eigenvalue weighted by Crippen LogP contribution is -2.40. The summed E-state index contributed by atoms with van der Waals surface area (Å²) in [5.41, 5.74) is 3.21. The molecular weight excluding hydrogens is 250 g/mol. The molecule has 0 bridgehead atoms. The van der Waals surface area contributed by atoms with Crippen LogP contribution in [0.2, 0.25) is 0 Å². The summed E-state index contributed by atoms with van der Waals surface area (Å²) >= 11 is 0. The summed E-state index contributed by atoms with van der Waals surface area (Å²) in [6, 6.07) is 6.17. The highest BCUT2D eigenvalue weighted by molar-refractivity contribution is 5.79. The monoisotopic (exact) mass is 277 g/mol. The standard InChI is InChI=1S/C17H27NO2/c1-5-17(6-2,12-19)11-18-16(20)10-15-9-13(3)7-8-14(15)4/h7-9,19H,5-6,10-12H2,1-4H3,(H,18,20). The summed E-state index contributed by atoms with van der Waals surface area (Å²) in [6.45, 7) is 8.82. The number of hydrogen-bond donors (Lipinski definition) is 2. The summed E-state index contributed by atoms with van der Waals surface area (Å²) in [4.78, 5) is 12.1. The first kappa shape index (κ1) is 16.7. The molecule has 1 aromatic rings. The van der Waals surface area contributed by atoms with E-state index in [0.29, 0.717) is 13.0 Å². The van der Waals surface area contributed by atoms with Gasteiger partial charge in [0, 0.05) is 12.0 Å². The topological polar surface area (TPSA) is 49.3 Å². The zero-order valence-corrected chi connectivity index (χ0v) is 13.1. The molecule has 0 aliphatic heterocycles. The van der Waals surface area contributed by atoms with Gasteiger partial charge < -0.3 is 10.4 Å². The van der Waals surface area contributed by atoms with Gasteiger partial charge in [-0.15, -0.1) is 0 Å². The summed E-state index contributed by atoms with van der Waals surface area (Å²) in [5.74, 6) is 0.0263. The maximum Gasteiger partial charge on any atom is 0.224 e. The molecule has 0 unspecified atom stereocenters. The molecule has 0 aliphatic rings. The van der Waals surface area contributed by atoms with Gasteiger partial charge in [-0.05, 0) is 37.8 Å². The Morgan fingerprint density at radius 3 is 2.45 bits per heavy atom. The van der Waals surface area contributed by atoms with Crippen molar-refractivity contribution in [1.29, 1.82) is 0 Å². The van der Waals surface area contributed by atoms with Crippen LogP contribution in [0.15, 0.2) is 18.2 Å². The number of nitrogens with one attached hydrogen (secondary N) is 1. The van der Waals surface area contributed by atoms with Crippen molar-refractivity contribution < 1.29 is 9.90 Å². The Bertz CT molecular complexity index is 442. The SMILES string of the molecule is CCC(CC)(CO)CNC(=O)Cc1cc(C)ccc1C. The minimum absolute atomic E-state index is 0.0263. The average Bonchev–Trinajstić information content (AvgIpc) is 2.45. The number of benzene rings is 1. The van der Waals surface area contributed by atoms with Crippen molar-refractivity contribution in [2.24, 2.45) is 5.41 Å². The van der Waals surface area contributed by atoms with Crippen molar-refractivity contribution in [3.05, 3.63) is 34.9 Å². The predicted octanol–water partition coefficient (Wildman–Crippen LogP) is 2.76. The van der Waals surface area contributed by atoms with Crippen molar-refractivity contribution >= 4 is 5.91 Å². The van der Waals surface area contributed by atoms with Gasteiger partial charge in [0.15, 0.2) is 0 Å². The van der Waals surface area contributed by atoms with Crippen LogP contribution in [0, 0.1) is 19.3 Å². The van der Waals surface area contributed by atoms with Crippen molar-refractivity contribution in [2.45, 2.75) is 47.0 Å². The van der Waals surface area contributed by atoms with Crippen molar-refractivity contribution in [1.82, 2.24) is 5.32 Å². The Morgan fingerprint density at radius 1 is 1.25 bits per heavy atom. The molecule has 2 N–H and O–H groups in total. The highest BCUT2D eigenvalue weighted by Crippen LogP contribution is 2.24. The normalized spacial score (nSPS) is 11.4. The Morgan fingerprint density at radius 2 is 1.90 bits per heavy atom. The second-order valence-corrected chi connectivity index (χ2v) is 5.75. The average molecular weight is 277 g/mol. The number of carbonyl (C=O) groups is 1. The van der Waals surface area contributed by atoms with Crippen LogP contribution in [0.25, 0.3) is 0 Å². The van der Waals surface area contributed by atoms with E-state index in [1.807, 2.05) is 19.9 Å². The van der Waals surface area contributed by atoms with E-state index in [4.69, 9.17) is 0 Å². The smallest absolute Gasteiger partial charge is 0.224 e. The Hall–Kier alpha value is -1.35. The van der Waals surface area contributed by atoms with E-state index >= 15 is 0 Å². The van der Waals surface area contributed by atoms with E-state index in [-0.39, 0.29) is 17.9 Å². The molecule has 1 amide bonds. The lowest BCUT2D eigenvalue weighted by Gasteiger charge is -2.29. The van der Waals surface area contributed by atoms with Crippen LogP contribution in [0.3, 0.4) is 0 Å². The fraction of sp³-hybridized carbons (Fsp3) is 0.588. The molecule has 1 rings (SSSR count). The zero-order valence-electron chi connectivity index (χ0n) is 13.1. The number of aliphatic hydroxyl groups excluding tert-OH is 1. The van der Waals surface area contributed by atoms with E-state index in [0.717, 1.165) is 24.0 Å². The maximum absolute atomic E-state index is 12.1. The molecule has 0 fully saturated rings. The van der Waals surface area contributed by atoms with Gasteiger partial charge in [-0.2, -0.15) is 0 Å². The first-order valence-electron chi connectivity index (χ1n) is 7.40. The first-order valence-corrected chi connectivity index (χ1v) is 7.40. The van der Waals surface area contributed by atoms with Gasteiger partial charge in [-0.25, -0.2) is 0 Å². The largest absolute Gasteiger partial charge is 0.396 e. The van der Waals surface area contributed by atoms with Crippen molar-refractivity contribution in [2.75, 3.05) is 13.2 Å². The van der Waals surface area contributed by atoms with Crippen molar-refractivity contribution in [3.63, 3.8) is 0 Å².